The summed E-state index contributed by atoms with van der Waals surface area (Å²) in [4.78, 5) is 17.4. The Morgan fingerprint density at radius 1 is 1.32 bits per heavy atom. The Morgan fingerprint density at radius 3 is 2.84 bits per heavy atom. The minimum atomic E-state index is -0.489. The summed E-state index contributed by atoms with van der Waals surface area (Å²) < 4.78 is 12.8. The van der Waals surface area contributed by atoms with E-state index in [1.165, 1.54) is 0 Å². The maximum Gasteiger partial charge on any atom is 0.338 e. The van der Waals surface area contributed by atoms with Gasteiger partial charge in [-0.1, -0.05) is 17.3 Å². The summed E-state index contributed by atoms with van der Waals surface area (Å²) in [5.74, 6) is 0.826. The van der Waals surface area contributed by atoms with Crippen molar-refractivity contribution in [2.45, 2.75) is 32.9 Å². The summed E-state index contributed by atoms with van der Waals surface area (Å²) in [6.45, 7) is 5.49. The van der Waals surface area contributed by atoms with Crippen LogP contribution in [0.25, 0.3) is 11.0 Å². The summed E-state index contributed by atoms with van der Waals surface area (Å²) in [5, 5.41) is 7.02. The topological polar surface area (TPSA) is 82.2 Å². The van der Waals surface area contributed by atoms with Crippen molar-refractivity contribution in [2.75, 3.05) is 5.32 Å². The molecule has 0 fully saturated rings. The lowest BCUT2D eigenvalue weighted by Crippen LogP contribution is -2.29. The Hall–Kier alpha value is -3.09. The van der Waals surface area contributed by atoms with Crippen LogP contribution in [0.2, 0.25) is 0 Å². The molecular weight excluding hydrogens is 320 g/mol. The van der Waals surface area contributed by atoms with E-state index in [2.05, 4.69) is 15.5 Å². The highest BCUT2D eigenvalue weighted by atomic mass is 16.5. The lowest BCUT2D eigenvalue weighted by atomic mass is 10.00. The average Bonchev–Trinajstić information content (AvgIpc) is 3.20. The molecule has 7 heteroatoms. The van der Waals surface area contributed by atoms with Crippen molar-refractivity contribution >= 4 is 23.0 Å². The first-order valence-corrected chi connectivity index (χ1v) is 8.12. The molecule has 0 radical (unpaired) electrons. The van der Waals surface area contributed by atoms with Crippen molar-refractivity contribution in [1.29, 1.82) is 0 Å². The van der Waals surface area contributed by atoms with Crippen molar-refractivity contribution in [3.63, 3.8) is 0 Å². The van der Waals surface area contributed by atoms with E-state index in [1.807, 2.05) is 49.6 Å². The Balaban J connectivity index is 1.94. The number of anilines is 1. The zero-order chi connectivity index (χ0) is 17.6. The molecule has 0 spiro atoms. The third-order valence-corrected chi connectivity index (χ3v) is 4.12. The number of ether oxygens (including phenoxy) is 1. The van der Waals surface area contributed by atoms with Gasteiger partial charge >= 0.3 is 5.97 Å². The van der Waals surface area contributed by atoms with Crippen LogP contribution in [-0.2, 0) is 9.53 Å². The number of carbonyl (C=O) groups excluding carboxylic acids is 1. The van der Waals surface area contributed by atoms with Gasteiger partial charge in [0.1, 0.15) is 6.04 Å². The number of carbonyl (C=O) groups is 1. The van der Waals surface area contributed by atoms with Gasteiger partial charge in [-0.2, -0.15) is 0 Å². The molecule has 0 saturated heterocycles. The van der Waals surface area contributed by atoms with Gasteiger partial charge in [-0.25, -0.2) is 9.78 Å². The van der Waals surface area contributed by atoms with Gasteiger partial charge in [0.25, 0.3) is 0 Å². The molecule has 0 bridgehead atoms. The first kappa shape index (κ1) is 15.4. The standard InChI is InChI=1S/C18H18N4O3/c1-10(2)24-17(23)15-11(3)20-18-21-12-6-4-5-7-13(12)22(18)16(15)14-8-9-19-25-14/h4-10,16H,1-3H3,(H,20,21). The van der Waals surface area contributed by atoms with Crippen LogP contribution in [0.15, 0.2) is 52.3 Å². The molecule has 128 valence electrons. The van der Waals surface area contributed by atoms with Crippen molar-refractivity contribution in [3.05, 3.63) is 53.6 Å². The first-order chi connectivity index (χ1) is 12.1. The van der Waals surface area contributed by atoms with Gasteiger partial charge in [0.05, 0.1) is 28.9 Å². The third kappa shape index (κ3) is 2.48. The number of imidazole rings is 1. The maximum atomic E-state index is 12.8. The van der Waals surface area contributed by atoms with Crippen LogP contribution >= 0.6 is 0 Å². The second kappa shape index (κ2) is 5.77. The second-order valence-electron chi connectivity index (χ2n) is 6.23. The van der Waals surface area contributed by atoms with Gasteiger partial charge in [-0.15, -0.1) is 0 Å². The van der Waals surface area contributed by atoms with Crippen molar-refractivity contribution < 1.29 is 14.1 Å². The predicted molar refractivity (Wildman–Crippen MR) is 91.9 cm³/mol. The monoisotopic (exact) mass is 338 g/mol. The van der Waals surface area contributed by atoms with Crippen LogP contribution in [-0.4, -0.2) is 26.8 Å². The molecule has 1 unspecified atom stereocenters. The molecule has 3 aromatic rings. The highest BCUT2D eigenvalue weighted by Gasteiger charge is 2.37. The van der Waals surface area contributed by atoms with Gasteiger partial charge in [0.15, 0.2) is 5.76 Å². The van der Waals surface area contributed by atoms with Crippen LogP contribution in [0.1, 0.15) is 32.6 Å². The number of benzene rings is 1. The van der Waals surface area contributed by atoms with E-state index in [4.69, 9.17) is 9.26 Å². The summed E-state index contributed by atoms with van der Waals surface area (Å²) in [6, 6.07) is 9.03. The Kier molecular flexibility index (Phi) is 3.56. The molecule has 1 aromatic carbocycles. The molecule has 1 atom stereocenters. The molecule has 1 aliphatic rings. The fourth-order valence-corrected chi connectivity index (χ4v) is 3.14. The van der Waals surface area contributed by atoms with E-state index in [9.17, 15) is 4.79 Å². The SMILES string of the molecule is CC1=C(C(=O)OC(C)C)C(c2ccno2)n2c(nc3ccccc32)N1. The van der Waals surface area contributed by atoms with Gasteiger partial charge in [-0.3, -0.25) is 4.57 Å². The zero-order valence-corrected chi connectivity index (χ0v) is 14.2. The third-order valence-electron chi connectivity index (χ3n) is 4.12. The molecule has 3 heterocycles. The van der Waals surface area contributed by atoms with Crippen LogP contribution in [0, 0.1) is 0 Å². The number of esters is 1. The Labute approximate surface area is 144 Å². The first-order valence-electron chi connectivity index (χ1n) is 8.12. The number of fused-ring (bicyclic) bond motifs is 3. The molecule has 7 nitrogen and oxygen atoms in total. The molecule has 0 saturated carbocycles. The molecule has 0 aliphatic carbocycles. The number of nitrogens with one attached hydrogen (secondary N) is 1. The van der Waals surface area contributed by atoms with E-state index in [0.29, 0.717) is 23.0 Å². The van der Waals surface area contributed by atoms with E-state index in [-0.39, 0.29) is 12.1 Å². The van der Waals surface area contributed by atoms with E-state index in [0.717, 1.165) is 11.0 Å². The lowest BCUT2D eigenvalue weighted by Gasteiger charge is -2.28. The van der Waals surface area contributed by atoms with E-state index < -0.39 is 6.04 Å². The molecular formula is C18H18N4O3. The van der Waals surface area contributed by atoms with Crippen molar-refractivity contribution in [1.82, 2.24) is 14.7 Å². The number of rotatable bonds is 3. The number of allylic oxidation sites excluding steroid dienone is 1. The van der Waals surface area contributed by atoms with Crippen LogP contribution in [0.5, 0.6) is 0 Å². The lowest BCUT2D eigenvalue weighted by molar-refractivity contribution is -0.143. The predicted octanol–water partition coefficient (Wildman–Crippen LogP) is 3.26. The van der Waals surface area contributed by atoms with Gasteiger partial charge < -0.3 is 14.6 Å². The van der Waals surface area contributed by atoms with E-state index in [1.54, 1.807) is 12.3 Å². The maximum absolute atomic E-state index is 12.8. The average molecular weight is 338 g/mol. The molecule has 1 N–H and O–H groups in total. The molecule has 2 aromatic heterocycles. The highest BCUT2D eigenvalue weighted by molar-refractivity contribution is 5.94. The normalized spacial score (nSPS) is 16.9. The fourth-order valence-electron chi connectivity index (χ4n) is 3.14. The molecule has 4 rings (SSSR count). The molecule has 25 heavy (non-hydrogen) atoms. The van der Waals surface area contributed by atoms with Crippen LogP contribution < -0.4 is 5.32 Å². The van der Waals surface area contributed by atoms with Gasteiger partial charge in [-0.05, 0) is 32.9 Å². The number of hydrogen-bond donors (Lipinski definition) is 1. The molecule has 1 aliphatic heterocycles. The summed E-state index contributed by atoms with van der Waals surface area (Å²) in [7, 11) is 0. The summed E-state index contributed by atoms with van der Waals surface area (Å²) in [6.07, 6.45) is 1.35. The summed E-state index contributed by atoms with van der Waals surface area (Å²) in [5.41, 5.74) is 2.91. The number of aromatic nitrogens is 3. The fraction of sp³-hybridized carbons (Fsp3) is 0.278. The molecule has 0 amide bonds. The minimum absolute atomic E-state index is 0.218. The van der Waals surface area contributed by atoms with E-state index >= 15 is 0 Å². The number of nitrogens with zero attached hydrogens (tertiary/aromatic N) is 3. The quantitative estimate of drug-likeness (QED) is 0.738. The zero-order valence-electron chi connectivity index (χ0n) is 14.2. The van der Waals surface area contributed by atoms with Gasteiger partial charge in [0, 0.05) is 11.8 Å². The summed E-state index contributed by atoms with van der Waals surface area (Å²) >= 11 is 0. The smallest absolute Gasteiger partial charge is 0.338 e. The Bertz CT molecular complexity index is 970. The Morgan fingerprint density at radius 2 is 2.12 bits per heavy atom. The number of para-hydroxylation sites is 2. The second-order valence-corrected chi connectivity index (χ2v) is 6.23. The van der Waals surface area contributed by atoms with Crippen LogP contribution in [0.3, 0.4) is 0 Å². The minimum Gasteiger partial charge on any atom is -0.459 e. The highest BCUT2D eigenvalue weighted by Crippen LogP contribution is 2.39. The largest absolute Gasteiger partial charge is 0.459 e. The van der Waals surface area contributed by atoms with Crippen molar-refractivity contribution in [3.8, 4) is 0 Å². The number of hydrogen-bond acceptors (Lipinski definition) is 6. The van der Waals surface area contributed by atoms with Crippen LogP contribution in [0.4, 0.5) is 5.95 Å². The van der Waals surface area contributed by atoms with Gasteiger partial charge in [0.2, 0.25) is 5.95 Å². The van der Waals surface area contributed by atoms with Crippen molar-refractivity contribution in [2.24, 2.45) is 0 Å².